The van der Waals surface area contributed by atoms with Crippen LogP contribution in [-0.2, 0) is 0 Å². The third kappa shape index (κ3) is 2.00. The minimum Gasteiger partial charge on any atom is -0.389 e. The van der Waals surface area contributed by atoms with Crippen molar-refractivity contribution in [1.82, 2.24) is 10.2 Å². The fourth-order valence-electron chi connectivity index (χ4n) is 2.32. The highest BCUT2D eigenvalue weighted by atomic mass is 32.1. The van der Waals surface area contributed by atoms with E-state index in [1.165, 1.54) is 6.42 Å². The second kappa shape index (κ2) is 4.33. The Balaban J connectivity index is 2.36. The summed E-state index contributed by atoms with van der Waals surface area (Å²) >= 11 is 5.04. The molecule has 1 aliphatic rings. The first kappa shape index (κ1) is 11.3. The van der Waals surface area contributed by atoms with Gasteiger partial charge in [-0.1, -0.05) is 19.1 Å². The first-order valence-electron chi connectivity index (χ1n) is 5.47. The van der Waals surface area contributed by atoms with E-state index in [9.17, 15) is 0 Å². The summed E-state index contributed by atoms with van der Waals surface area (Å²) in [6, 6.07) is 2.31. The Morgan fingerprint density at radius 2 is 2.31 bits per heavy atom. The quantitative estimate of drug-likeness (QED) is 0.785. The number of aromatic nitrogens is 2. The molecular weight excluding hydrogens is 220 g/mol. The highest BCUT2D eigenvalue weighted by Crippen LogP contribution is 2.28. The normalized spacial score (nSPS) is 24.8. The van der Waals surface area contributed by atoms with Gasteiger partial charge in [-0.3, -0.25) is 0 Å². The summed E-state index contributed by atoms with van der Waals surface area (Å²) in [6.45, 7) is 5.43. The van der Waals surface area contributed by atoms with Gasteiger partial charge in [-0.2, -0.15) is 5.10 Å². The molecule has 4 nitrogen and oxygen atoms in total. The molecule has 5 heteroatoms. The summed E-state index contributed by atoms with van der Waals surface area (Å²) in [4.78, 5) is 2.63. The Hall–Kier alpha value is -1.23. The molecule has 1 aromatic rings. The van der Waals surface area contributed by atoms with Gasteiger partial charge in [-0.15, -0.1) is 5.10 Å². The average molecular weight is 236 g/mol. The largest absolute Gasteiger partial charge is 0.389 e. The van der Waals surface area contributed by atoms with Gasteiger partial charge in [0.25, 0.3) is 0 Å². The standard InChI is InChI=1S/C11H16N4S/c1-7-5-8(2)15(6-7)11-9(10(12)16)3-4-13-14-11/h3-4,7-8H,5-6H2,1-2H3,(H2,12,16). The van der Waals surface area contributed by atoms with Crippen molar-refractivity contribution < 1.29 is 0 Å². The molecule has 0 amide bonds. The molecule has 0 aromatic carbocycles. The number of nitrogens with two attached hydrogens (primary N) is 1. The van der Waals surface area contributed by atoms with Crippen molar-refractivity contribution in [2.24, 2.45) is 11.7 Å². The second-order valence-corrected chi connectivity index (χ2v) is 4.91. The van der Waals surface area contributed by atoms with Gasteiger partial charge < -0.3 is 10.6 Å². The van der Waals surface area contributed by atoms with Crippen molar-refractivity contribution >= 4 is 23.0 Å². The van der Waals surface area contributed by atoms with E-state index in [0.29, 0.717) is 16.9 Å². The van der Waals surface area contributed by atoms with Crippen LogP contribution in [0, 0.1) is 5.92 Å². The Labute approximate surface area is 101 Å². The van der Waals surface area contributed by atoms with E-state index in [0.717, 1.165) is 17.9 Å². The zero-order chi connectivity index (χ0) is 11.7. The van der Waals surface area contributed by atoms with E-state index in [4.69, 9.17) is 18.0 Å². The highest BCUT2D eigenvalue weighted by Gasteiger charge is 2.29. The van der Waals surface area contributed by atoms with Crippen LogP contribution in [0.1, 0.15) is 25.8 Å². The Morgan fingerprint density at radius 1 is 1.56 bits per heavy atom. The molecule has 16 heavy (non-hydrogen) atoms. The van der Waals surface area contributed by atoms with E-state index in [1.807, 2.05) is 6.07 Å². The zero-order valence-electron chi connectivity index (χ0n) is 9.55. The van der Waals surface area contributed by atoms with Crippen LogP contribution < -0.4 is 10.6 Å². The third-order valence-electron chi connectivity index (χ3n) is 3.02. The molecular formula is C11H16N4S. The molecule has 1 aromatic heterocycles. The average Bonchev–Trinajstić information content (AvgIpc) is 2.57. The van der Waals surface area contributed by atoms with Crippen LogP contribution in [0.15, 0.2) is 12.3 Å². The lowest BCUT2D eigenvalue weighted by atomic mass is 10.1. The predicted molar refractivity (Wildman–Crippen MR) is 68.5 cm³/mol. The van der Waals surface area contributed by atoms with Crippen LogP contribution in [0.25, 0.3) is 0 Å². The van der Waals surface area contributed by atoms with Crippen LogP contribution in [0.3, 0.4) is 0 Å². The molecule has 0 spiro atoms. The first-order valence-corrected chi connectivity index (χ1v) is 5.88. The molecule has 2 heterocycles. The minimum atomic E-state index is 0.386. The maximum Gasteiger partial charge on any atom is 0.161 e. The van der Waals surface area contributed by atoms with Crippen molar-refractivity contribution in [2.45, 2.75) is 26.3 Å². The number of anilines is 1. The van der Waals surface area contributed by atoms with Gasteiger partial charge in [0.05, 0.1) is 11.8 Å². The fraction of sp³-hybridized carbons (Fsp3) is 0.545. The predicted octanol–water partition coefficient (Wildman–Crippen LogP) is 1.35. The van der Waals surface area contributed by atoms with Gasteiger partial charge in [0, 0.05) is 12.6 Å². The van der Waals surface area contributed by atoms with E-state index in [-0.39, 0.29) is 0 Å². The van der Waals surface area contributed by atoms with Gasteiger partial charge in [0.1, 0.15) is 4.99 Å². The summed E-state index contributed by atoms with van der Waals surface area (Å²) in [5, 5.41) is 8.10. The zero-order valence-corrected chi connectivity index (χ0v) is 10.4. The molecule has 2 atom stereocenters. The van der Waals surface area contributed by atoms with E-state index >= 15 is 0 Å². The van der Waals surface area contributed by atoms with Crippen molar-refractivity contribution in [3.8, 4) is 0 Å². The Morgan fingerprint density at radius 3 is 2.88 bits per heavy atom. The molecule has 2 rings (SSSR count). The summed E-state index contributed by atoms with van der Waals surface area (Å²) in [5.74, 6) is 1.50. The van der Waals surface area contributed by atoms with Gasteiger partial charge in [0.2, 0.25) is 0 Å². The number of rotatable bonds is 2. The number of nitrogens with zero attached hydrogens (tertiary/aromatic N) is 3. The molecule has 0 bridgehead atoms. The monoisotopic (exact) mass is 236 g/mol. The molecule has 0 radical (unpaired) electrons. The number of hydrogen-bond donors (Lipinski definition) is 1. The van der Waals surface area contributed by atoms with Crippen molar-refractivity contribution in [3.63, 3.8) is 0 Å². The van der Waals surface area contributed by atoms with E-state index in [1.54, 1.807) is 6.20 Å². The fourth-order valence-corrected chi connectivity index (χ4v) is 2.48. The third-order valence-corrected chi connectivity index (χ3v) is 3.24. The van der Waals surface area contributed by atoms with Gasteiger partial charge in [-0.25, -0.2) is 0 Å². The molecule has 1 saturated heterocycles. The molecule has 0 aliphatic carbocycles. The maximum atomic E-state index is 5.70. The Kier molecular flexibility index (Phi) is 3.05. The number of thiocarbonyl (C=S) groups is 1. The van der Waals surface area contributed by atoms with Crippen molar-refractivity contribution in [3.05, 3.63) is 17.8 Å². The van der Waals surface area contributed by atoms with E-state index < -0.39 is 0 Å². The Bertz CT molecular complexity index is 407. The molecule has 1 fully saturated rings. The minimum absolute atomic E-state index is 0.386. The van der Waals surface area contributed by atoms with Gasteiger partial charge in [-0.05, 0) is 25.3 Å². The van der Waals surface area contributed by atoms with Crippen LogP contribution in [-0.4, -0.2) is 27.8 Å². The van der Waals surface area contributed by atoms with Crippen LogP contribution in [0.2, 0.25) is 0 Å². The topological polar surface area (TPSA) is 55.0 Å². The molecule has 86 valence electrons. The van der Waals surface area contributed by atoms with Gasteiger partial charge in [0.15, 0.2) is 5.82 Å². The SMILES string of the molecule is CC1CC(C)N(c2nnccc2C(N)=S)C1. The van der Waals surface area contributed by atoms with Crippen LogP contribution in [0.4, 0.5) is 5.82 Å². The van der Waals surface area contributed by atoms with Crippen LogP contribution >= 0.6 is 12.2 Å². The molecule has 2 N–H and O–H groups in total. The second-order valence-electron chi connectivity index (χ2n) is 4.47. The first-order chi connectivity index (χ1) is 7.59. The van der Waals surface area contributed by atoms with E-state index in [2.05, 4.69) is 28.9 Å². The summed E-state index contributed by atoms with van der Waals surface area (Å²) < 4.78 is 0. The summed E-state index contributed by atoms with van der Waals surface area (Å²) in [5.41, 5.74) is 6.52. The van der Waals surface area contributed by atoms with Crippen molar-refractivity contribution in [2.75, 3.05) is 11.4 Å². The van der Waals surface area contributed by atoms with Crippen molar-refractivity contribution in [1.29, 1.82) is 0 Å². The lowest BCUT2D eigenvalue weighted by molar-refractivity contribution is 0.625. The smallest absolute Gasteiger partial charge is 0.161 e. The van der Waals surface area contributed by atoms with Crippen LogP contribution in [0.5, 0.6) is 0 Å². The highest BCUT2D eigenvalue weighted by molar-refractivity contribution is 7.80. The maximum absolute atomic E-state index is 5.70. The summed E-state index contributed by atoms with van der Waals surface area (Å²) in [7, 11) is 0. The molecule has 0 saturated carbocycles. The molecule has 1 aliphatic heterocycles. The lowest BCUT2D eigenvalue weighted by Gasteiger charge is -2.23. The van der Waals surface area contributed by atoms with Gasteiger partial charge >= 0.3 is 0 Å². The number of hydrogen-bond acceptors (Lipinski definition) is 4. The summed E-state index contributed by atoms with van der Waals surface area (Å²) in [6.07, 6.45) is 2.80. The molecule has 2 unspecified atom stereocenters. The lowest BCUT2D eigenvalue weighted by Crippen LogP contribution is -2.30.